The molecule has 1 aromatic carbocycles. The Morgan fingerprint density at radius 2 is 1.82 bits per heavy atom. The average Bonchev–Trinajstić information content (AvgIpc) is 2.19. The number of hydrogen-bond donors (Lipinski definition) is 1. The molecule has 1 saturated carbocycles. The topological polar surface area (TPSA) is 54.4 Å². The second kappa shape index (κ2) is 3.91. The molecule has 0 spiro atoms. The zero-order valence-electron chi connectivity index (χ0n) is 8.87. The van der Waals surface area contributed by atoms with Gasteiger partial charge in [-0.25, -0.2) is 8.78 Å². The van der Waals surface area contributed by atoms with Crippen LogP contribution in [0.4, 0.5) is 8.78 Å². The first-order valence-corrected chi connectivity index (χ1v) is 5.20. The van der Waals surface area contributed by atoms with E-state index < -0.39 is 28.8 Å². The van der Waals surface area contributed by atoms with Crippen LogP contribution in [0, 0.1) is 17.0 Å². The Morgan fingerprint density at radius 1 is 1.18 bits per heavy atom. The molecular weight excluding hydrogens is 230 g/mol. The van der Waals surface area contributed by atoms with Crippen LogP contribution in [-0.4, -0.2) is 16.9 Å². The lowest BCUT2D eigenvalue weighted by Gasteiger charge is -2.35. The number of aliphatic carboxylic acids is 1. The Balaban J connectivity index is 2.36. The number of Topliss-reactive ketones (excluding diaryl/α,β-unsaturated/α-hetero) is 1. The molecule has 1 aliphatic carbocycles. The smallest absolute Gasteiger partial charge is 0.317 e. The van der Waals surface area contributed by atoms with E-state index in [-0.39, 0.29) is 18.4 Å². The first kappa shape index (κ1) is 11.7. The van der Waals surface area contributed by atoms with Crippen molar-refractivity contribution >= 4 is 11.8 Å². The molecule has 2 rings (SSSR count). The molecule has 0 bridgehead atoms. The summed E-state index contributed by atoms with van der Waals surface area (Å²) in [6.07, 6.45) is 1.15. The van der Waals surface area contributed by atoms with Crippen molar-refractivity contribution in [1.82, 2.24) is 0 Å². The highest BCUT2D eigenvalue weighted by molar-refractivity contribution is 6.12. The van der Waals surface area contributed by atoms with Gasteiger partial charge >= 0.3 is 5.97 Å². The molecule has 1 aromatic rings. The summed E-state index contributed by atoms with van der Waals surface area (Å²) >= 11 is 0. The van der Waals surface area contributed by atoms with Crippen molar-refractivity contribution < 1.29 is 23.5 Å². The van der Waals surface area contributed by atoms with E-state index in [0.717, 1.165) is 18.2 Å². The fourth-order valence-corrected chi connectivity index (χ4v) is 1.98. The minimum atomic E-state index is -1.44. The summed E-state index contributed by atoms with van der Waals surface area (Å²) in [4.78, 5) is 23.1. The van der Waals surface area contributed by atoms with Crippen LogP contribution in [0.5, 0.6) is 0 Å². The summed E-state index contributed by atoms with van der Waals surface area (Å²) in [6, 6.07) is 2.70. The van der Waals surface area contributed by atoms with E-state index in [1.54, 1.807) is 0 Å². The Morgan fingerprint density at radius 3 is 2.24 bits per heavy atom. The van der Waals surface area contributed by atoms with Crippen molar-refractivity contribution in [3.8, 4) is 0 Å². The minimum absolute atomic E-state index is 0.0917. The Kier molecular flexibility index (Phi) is 2.69. The standard InChI is InChI=1S/C12H10F2O3/c13-8-3-2-7(6-9(8)14)10(15)12(11(16)17)4-1-5-12/h2-3,6H,1,4-5H2,(H,16,17). The highest BCUT2D eigenvalue weighted by Crippen LogP contribution is 2.43. The third-order valence-corrected chi connectivity index (χ3v) is 3.23. The molecule has 0 heterocycles. The quantitative estimate of drug-likeness (QED) is 0.652. The lowest BCUT2D eigenvalue weighted by Crippen LogP contribution is -2.45. The Hall–Kier alpha value is -1.78. The number of carboxylic acid groups (broad SMARTS) is 1. The second-order valence-electron chi connectivity index (χ2n) is 4.20. The summed E-state index contributed by atoms with van der Waals surface area (Å²) in [5.74, 6) is -4.04. The van der Waals surface area contributed by atoms with Crippen LogP contribution in [0.3, 0.4) is 0 Å². The molecule has 3 nitrogen and oxygen atoms in total. The molecule has 0 aliphatic heterocycles. The van der Waals surface area contributed by atoms with E-state index in [0.29, 0.717) is 6.42 Å². The summed E-state index contributed by atoms with van der Waals surface area (Å²) < 4.78 is 25.7. The summed E-state index contributed by atoms with van der Waals surface area (Å²) in [5, 5.41) is 9.05. The maximum atomic E-state index is 13.0. The molecular formula is C12H10F2O3. The van der Waals surface area contributed by atoms with Gasteiger partial charge in [-0.05, 0) is 31.0 Å². The first-order valence-electron chi connectivity index (χ1n) is 5.20. The Labute approximate surface area is 96.1 Å². The van der Waals surface area contributed by atoms with E-state index in [1.165, 1.54) is 0 Å². The van der Waals surface area contributed by atoms with Gasteiger partial charge in [0.05, 0.1) is 0 Å². The molecule has 1 fully saturated rings. The van der Waals surface area contributed by atoms with Crippen molar-refractivity contribution in [3.63, 3.8) is 0 Å². The van der Waals surface area contributed by atoms with Crippen molar-refractivity contribution in [3.05, 3.63) is 35.4 Å². The van der Waals surface area contributed by atoms with Gasteiger partial charge < -0.3 is 5.11 Å². The molecule has 0 aromatic heterocycles. The lowest BCUT2D eigenvalue weighted by molar-refractivity contribution is -0.150. The van der Waals surface area contributed by atoms with Gasteiger partial charge in [-0.2, -0.15) is 0 Å². The molecule has 0 unspecified atom stereocenters. The highest BCUT2D eigenvalue weighted by atomic mass is 19.2. The number of carbonyl (C=O) groups excluding carboxylic acids is 1. The second-order valence-corrected chi connectivity index (χ2v) is 4.20. The van der Waals surface area contributed by atoms with Crippen molar-refractivity contribution in [2.75, 3.05) is 0 Å². The van der Waals surface area contributed by atoms with Gasteiger partial charge in [0.25, 0.3) is 0 Å². The van der Waals surface area contributed by atoms with E-state index in [4.69, 9.17) is 5.11 Å². The van der Waals surface area contributed by atoms with Crippen LogP contribution in [0.25, 0.3) is 0 Å². The largest absolute Gasteiger partial charge is 0.480 e. The predicted molar refractivity (Wildman–Crippen MR) is 54.6 cm³/mol. The van der Waals surface area contributed by atoms with Crippen LogP contribution in [0.2, 0.25) is 0 Å². The number of rotatable bonds is 3. The number of benzene rings is 1. The molecule has 90 valence electrons. The van der Waals surface area contributed by atoms with Crippen molar-refractivity contribution in [2.45, 2.75) is 19.3 Å². The number of carboxylic acids is 1. The molecule has 1 N–H and O–H groups in total. The predicted octanol–water partition coefficient (Wildman–Crippen LogP) is 2.40. The van der Waals surface area contributed by atoms with Gasteiger partial charge in [-0.3, -0.25) is 9.59 Å². The Bertz CT molecular complexity index is 493. The molecule has 0 amide bonds. The molecule has 1 aliphatic rings. The van der Waals surface area contributed by atoms with Gasteiger partial charge in [0.2, 0.25) is 0 Å². The van der Waals surface area contributed by atoms with Crippen LogP contribution in [0.1, 0.15) is 29.6 Å². The summed E-state index contributed by atoms with van der Waals surface area (Å²) in [7, 11) is 0. The average molecular weight is 240 g/mol. The number of halogens is 2. The van der Waals surface area contributed by atoms with Crippen molar-refractivity contribution in [1.29, 1.82) is 0 Å². The number of hydrogen-bond acceptors (Lipinski definition) is 2. The zero-order valence-corrected chi connectivity index (χ0v) is 8.87. The molecule has 0 saturated heterocycles. The van der Waals surface area contributed by atoms with E-state index in [9.17, 15) is 18.4 Å². The van der Waals surface area contributed by atoms with Crippen LogP contribution in [0.15, 0.2) is 18.2 Å². The van der Waals surface area contributed by atoms with Gasteiger partial charge in [-0.1, -0.05) is 6.42 Å². The number of ketones is 1. The van der Waals surface area contributed by atoms with Crippen LogP contribution >= 0.6 is 0 Å². The van der Waals surface area contributed by atoms with E-state index in [2.05, 4.69) is 0 Å². The highest BCUT2D eigenvalue weighted by Gasteiger charge is 2.51. The first-order chi connectivity index (χ1) is 7.97. The minimum Gasteiger partial charge on any atom is -0.480 e. The number of carbonyl (C=O) groups is 2. The van der Waals surface area contributed by atoms with Gasteiger partial charge in [0.1, 0.15) is 5.41 Å². The fraction of sp³-hybridized carbons (Fsp3) is 0.333. The lowest BCUT2D eigenvalue weighted by atomic mass is 9.64. The molecule has 5 heteroatoms. The fourth-order valence-electron chi connectivity index (χ4n) is 1.98. The van der Waals surface area contributed by atoms with Crippen LogP contribution < -0.4 is 0 Å². The van der Waals surface area contributed by atoms with Gasteiger partial charge in [0.15, 0.2) is 17.4 Å². The van der Waals surface area contributed by atoms with Crippen LogP contribution in [-0.2, 0) is 4.79 Å². The molecule has 0 radical (unpaired) electrons. The summed E-state index contributed by atoms with van der Waals surface area (Å²) in [5.41, 5.74) is -1.53. The summed E-state index contributed by atoms with van der Waals surface area (Å²) in [6.45, 7) is 0. The maximum Gasteiger partial charge on any atom is 0.317 e. The third kappa shape index (κ3) is 1.71. The van der Waals surface area contributed by atoms with E-state index >= 15 is 0 Å². The maximum absolute atomic E-state index is 13.0. The molecule has 0 atom stereocenters. The van der Waals surface area contributed by atoms with E-state index in [1.807, 2.05) is 0 Å². The molecule has 17 heavy (non-hydrogen) atoms. The normalized spacial score (nSPS) is 17.3. The SMILES string of the molecule is O=C(O)C1(C(=O)c2ccc(F)c(F)c2)CCC1. The van der Waals surface area contributed by atoms with Gasteiger partial charge in [0, 0.05) is 5.56 Å². The van der Waals surface area contributed by atoms with Crippen molar-refractivity contribution in [2.24, 2.45) is 5.41 Å². The monoisotopic (exact) mass is 240 g/mol. The van der Waals surface area contributed by atoms with Gasteiger partial charge in [-0.15, -0.1) is 0 Å². The third-order valence-electron chi connectivity index (χ3n) is 3.23. The zero-order chi connectivity index (χ0) is 12.6.